The molecule has 3 heteroatoms. The summed E-state index contributed by atoms with van der Waals surface area (Å²) in [7, 11) is 0. The predicted molar refractivity (Wildman–Crippen MR) is 85.3 cm³/mol. The van der Waals surface area contributed by atoms with Gasteiger partial charge in [-0.1, -0.05) is 22.0 Å². The molecule has 0 bridgehead atoms. The van der Waals surface area contributed by atoms with Gasteiger partial charge >= 0.3 is 0 Å². The van der Waals surface area contributed by atoms with Crippen LogP contribution in [0.1, 0.15) is 44.2 Å². The molecular weight excluding hydrogens is 318 g/mol. The Morgan fingerprint density at radius 2 is 2.16 bits per heavy atom. The molecule has 0 N–H and O–H groups in total. The summed E-state index contributed by atoms with van der Waals surface area (Å²) in [4.78, 5) is 7.98. The Labute approximate surface area is 127 Å². The molecule has 1 aliphatic rings. The van der Waals surface area contributed by atoms with Gasteiger partial charge in [-0.15, -0.1) is 11.3 Å². The number of thiophene rings is 1. The summed E-state index contributed by atoms with van der Waals surface area (Å²) in [6.45, 7) is 2.08. The number of fused-ring (bicyclic) bond motifs is 1. The van der Waals surface area contributed by atoms with E-state index in [4.69, 9.17) is 0 Å². The van der Waals surface area contributed by atoms with Crippen LogP contribution < -0.4 is 0 Å². The zero-order chi connectivity index (χ0) is 13.2. The van der Waals surface area contributed by atoms with E-state index in [1.165, 1.54) is 41.8 Å². The average Bonchev–Trinajstić information content (AvgIpc) is 2.85. The summed E-state index contributed by atoms with van der Waals surface area (Å²) in [5.74, 6) is 0. The van der Waals surface area contributed by atoms with Crippen molar-refractivity contribution in [3.63, 3.8) is 0 Å². The molecule has 0 spiro atoms. The fraction of sp³-hybridized carbons (Fsp3) is 0.438. The number of nitrogens with zero attached hydrogens (tertiary/aromatic N) is 1. The van der Waals surface area contributed by atoms with Gasteiger partial charge < -0.3 is 0 Å². The van der Waals surface area contributed by atoms with Crippen LogP contribution in [0.2, 0.25) is 0 Å². The molecule has 0 aromatic carbocycles. The number of hydrogen-bond donors (Lipinski definition) is 0. The van der Waals surface area contributed by atoms with Crippen LogP contribution in [-0.2, 0) is 19.3 Å². The average molecular weight is 336 g/mol. The molecule has 1 unspecified atom stereocenters. The van der Waals surface area contributed by atoms with Gasteiger partial charge in [0.05, 0.1) is 4.83 Å². The fourth-order valence-electron chi connectivity index (χ4n) is 2.57. The van der Waals surface area contributed by atoms with E-state index in [0.29, 0.717) is 4.83 Å². The Hall–Kier alpha value is -0.670. The van der Waals surface area contributed by atoms with E-state index in [1.807, 2.05) is 17.5 Å². The molecule has 19 heavy (non-hydrogen) atoms. The lowest BCUT2D eigenvalue weighted by molar-refractivity contribution is 0.697. The summed E-state index contributed by atoms with van der Waals surface area (Å²) in [6.07, 6.45) is 8.19. The number of aromatic nitrogens is 1. The molecular formula is C16H18BrNS. The minimum absolute atomic E-state index is 0.401. The van der Waals surface area contributed by atoms with Crippen LogP contribution in [0.25, 0.3) is 0 Å². The fourth-order valence-corrected chi connectivity index (χ4v) is 4.55. The lowest BCUT2D eigenvalue weighted by Gasteiger charge is -2.08. The second-order valence-electron chi connectivity index (χ2n) is 5.30. The van der Waals surface area contributed by atoms with Crippen LogP contribution in [0.4, 0.5) is 0 Å². The lowest BCUT2D eigenvalue weighted by atomic mass is 9.99. The molecule has 0 radical (unpaired) electrons. The van der Waals surface area contributed by atoms with Crippen molar-refractivity contribution in [3.05, 3.63) is 51.0 Å². The highest BCUT2D eigenvalue weighted by molar-refractivity contribution is 9.09. The maximum atomic E-state index is 4.50. The minimum Gasteiger partial charge on any atom is -0.261 e. The van der Waals surface area contributed by atoms with Gasteiger partial charge in [-0.3, -0.25) is 4.98 Å². The number of alkyl halides is 1. The van der Waals surface area contributed by atoms with Gasteiger partial charge in [-0.25, -0.2) is 0 Å². The smallest absolute Gasteiger partial charge is 0.0544 e. The van der Waals surface area contributed by atoms with E-state index in [9.17, 15) is 0 Å². The van der Waals surface area contributed by atoms with Crippen molar-refractivity contribution >= 4 is 27.3 Å². The van der Waals surface area contributed by atoms with Gasteiger partial charge in [0, 0.05) is 28.1 Å². The van der Waals surface area contributed by atoms with Crippen molar-refractivity contribution in [3.8, 4) is 0 Å². The molecule has 2 aromatic heterocycles. The van der Waals surface area contributed by atoms with Gasteiger partial charge in [0.25, 0.3) is 0 Å². The summed E-state index contributed by atoms with van der Waals surface area (Å²) >= 11 is 5.83. The quantitative estimate of drug-likeness (QED) is 0.718. The number of aryl methyl sites for hydroxylation is 3. The summed E-state index contributed by atoms with van der Waals surface area (Å²) in [6, 6.07) is 6.69. The first-order valence-corrected chi connectivity index (χ1v) is 8.62. The molecule has 0 saturated carbocycles. The van der Waals surface area contributed by atoms with E-state index < -0.39 is 0 Å². The molecule has 1 nitrogen and oxygen atoms in total. The molecule has 1 aliphatic carbocycles. The summed E-state index contributed by atoms with van der Waals surface area (Å²) in [5.41, 5.74) is 3.98. The first-order valence-electron chi connectivity index (χ1n) is 6.89. The van der Waals surface area contributed by atoms with Crippen LogP contribution in [0.5, 0.6) is 0 Å². The van der Waals surface area contributed by atoms with Crippen molar-refractivity contribution < 1.29 is 0 Å². The maximum absolute atomic E-state index is 4.50. The topological polar surface area (TPSA) is 12.9 Å². The third kappa shape index (κ3) is 3.09. The van der Waals surface area contributed by atoms with Gasteiger partial charge in [-0.05, 0) is 55.9 Å². The first kappa shape index (κ1) is 13.3. The number of halogens is 1. The molecule has 0 fully saturated rings. The van der Waals surface area contributed by atoms with Crippen molar-refractivity contribution in [1.82, 2.24) is 4.98 Å². The largest absolute Gasteiger partial charge is 0.261 e. The maximum Gasteiger partial charge on any atom is 0.0544 e. The minimum atomic E-state index is 0.401. The van der Waals surface area contributed by atoms with Crippen LogP contribution in [0.3, 0.4) is 0 Å². The molecule has 100 valence electrons. The summed E-state index contributed by atoms with van der Waals surface area (Å²) in [5, 5.41) is 0. The van der Waals surface area contributed by atoms with E-state index in [0.717, 1.165) is 6.42 Å². The number of rotatable bonds is 3. The third-order valence-corrected chi connectivity index (χ3v) is 6.16. The zero-order valence-corrected chi connectivity index (χ0v) is 13.6. The second kappa shape index (κ2) is 5.76. The van der Waals surface area contributed by atoms with Crippen molar-refractivity contribution in [2.24, 2.45) is 0 Å². The van der Waals surface area contributed by atoms with Crippen molar-refractivity contribution in [1.29, 1.82) is 0 Å². The molecule has 2 heterocycles. The van der Waals surface area contributed by atoms with Crippen molar-refractivity contribution in [2.45, 2.75) is 43.9 Å². The highest BCUT2D eigenvalue weighted by Crippen LogP contribution is 2.37. The highest BCUT2D eigenvalue weighted by atomic mass is 79.9. The van der Waals surface area contributed by atoms with Gasteiger partial charge in [0.1, 0.15) is 0 Å². The molecule has 2 aromatic rings. The van der Waals surface area contributed by atoms with Gasteiger partial charge in [-0.2, -0.15) is 0 Å². The normalized spacial score (nSPS) is 16.1. The molecule has 3 rings (SSSR count). The van der Waals surface area contributed by atoms with Crippen molar-refractivity contribution in [2.75, 3.05) is 0 Å². The van der Waals surface area contributed by atoms with E-state index in [1.54, 1.807) is 10.4 Å². The molecule has 0 aliphatic heterocycles. The van der Waals surface area contributed by atoms with Crippen LogP contribution in [0.15, 0.2) is 24.4 Å². The summed E-state index contributed by atoms with van der Waals surface area (Å²) < 4.78 is 0. The van der Waals surface area contributed by atoms with Gasteiger partial charge in [0.2, 0.25) is 0 Å². The Bertz CT molecular complexity index is 535. The number of hydrogen-bond acceptors (Lipinski definition) is 2. The SMILES string of the molecule is Cc1ccc(CC(Br)c2cc3c(s2)CCCC3)nc1. The third-order valence-electron chi connectivity index (χ3n) is 3.69. The van der Waals surface area contributed by atoms with E-state index in [-0.39, 0.29) is 0 Å². The molecule has 1 atom stereocenters. The Morgan fingerprint density at radius 3 is 2.89 bits per heavy atom. The number of pyridine rings is 1. The predicted octanol–water partition coefficient (Wildman–Crippen LogP) is 5.01. The molecule has 0 amide bonds. The second-order valence-corrected chi connectivity index (χ2v) is 7.58. The molecule has 0 saturated heterocycles. The first-order chi connectivity index (χ1) is 9.22. The lowest BCUT2D eigenvalue weighted by Crippen LogP contribution is -1.97. The van der Waals surface area contributed by atoms with Crippen LogP contribution in [-0.4, -0.2) is 4.98 Å². The van der Waals surface area contributed by atoms with Crippen LogP contribution in [0, 0.1) is 6.92 Å². The Kier molecular flexibility index (Phi) is 4.04. The Balaban J connectivity index is 1.74. The zero-order valence-electron chi connectivity index (χ0n) is 11.2. The highest BCUT2D eigenvalue weighted by Gasteiger charge is 2.18. The van der Waals surface area contributed by atoms with Crippen LogP contribution >= 0.6 is 27.3 Å². The van der Waals surface area contributed by atoms with E-state index >= 15 is 0 Å². The van der Waals surface area contributed by atoms with E-state index in [2.05, 4.69) is 46.0 Å². The van der Waals surface area contributed by atoms with Gasteiger partial charge in [0.15, 0.2) is 0 Å². The standard InChI is InChI=1S/C16H18BrNS/c1-11-6-7-13(18-10-11)9-14(17)16-8-12-4-2-3-5-15(12)19-16/h6-8,10,14H,2-5,9H2,1H3. The Morgan fingerprint density at radius 1 is 1.32 bits per heavy atom. The monoisotopic (exact) mass is 335 g/mol.